The van der Waals surface area contributed by atoms with E-state index in [1.165, 1.54) is 16.6 Å². The topological polar surface area (TPSA) is 48.6 Å². The van der Waals surface area contributed by atoms with E-state index >= 15 is 0 Å². The van der Waals surface area contributed by atoms with Crippen molar-refractivity contribution in [2.24, 2.45) is 0 Å². The third-order valence-electron chi connectivity index (χ3n) is 6.05. The number of carbonyl (C=O) groups is 1. The van der Waals surface area contributed by atoms with Crippen LogP contribution in [0.25, 0.3) is 10.9 Å². The Morgan fingerprint density at radius 2 is 1.83 bits per heavy atom. The third kappa shape index (κ3) is 3.28. The van der Waals surface area contributed by atoms with Gasteiger partial charge in [-0.1, -0.05) is 30.3 Å². The molecule has 3 aromatic rings. The summed E-state index contributed by atoms with van der Waals surface area (Å²) in [5, 5.41) is 1.25. The quantitative estimate of drug-likeness (QED) is 0.671. The molecule has 0 aliphatic carbocycles. The van der Waals surface area contributed by atoms with Crippen molar-refractivity contribution in [3.05, 3.63) is 65.4 Å². The lowest BCUT2D eigenvalue weighted by molar-refractivity contribution is -0.130. The van der Waals surface area contributed by atoms with Crippen LogP contribution in [-0.4, -0.2) is 54.5 Å². The van der Waals surface area contributed by atoms with E-state index in [0.29, 0.717) is 6.54 Å². The molecule has 3 heterocycles. The Kier molecular flexibility index (Phi) is 4.94. The first-order valence-corrected chi connectivity index (χ1v) is 10.7. The van der Waals surface area contributed by atoms with Gasteiger partial charge in [0.25, 0.3) is 0 Å². The predicted octanol–water partition coefficient (Wildman–Crippen LogP) is 3.72. The van der Waals surface area contributed by atoms with Gasteiger partial charge in [-0.05, 0) is 35.7 Å². The molecule has 0 saturated carbocycles. The van der Waals surface area contributed by atoms with Crippen LogP contribution in [0.15, 0.2) is 48.5 Å². The minimum Gasteiger partial charge on any atom is -0.378 e. The highest BCUT2D eigenvalue weighted by molar-refractivity contribution is 6.27. The van der Waals surface area contributed by atoms with Crippen molar-refractivity contribution < 1.29 is 9.53 Å². The number of nitrogens with zero attached hydrogens (tertiary/aromatic N) is 2. The summed E-state index contributed by atoms with van der Waals surface area (Å²) >= 11 is 5.95. The summed E-state index contributed by atoms with van der Waals surface area (Å²) in [7, 11) is 0. The highest BCUT2D eigenvalue weighted by atomic mass is 35.5. The maximum atomic E-state index is 12.6. The molecule has 0 bridgehead atoms. The lowest BCUT2D eigenvalue weighted by Gasteiger charge is -2.36. The van der Waals surface area contributed by atoms with Crippen molar-refractivity contribution >= 4 is 34.1 Å². The van der Waals surface area contributed by atoms with Crippen molar-refractivity contribution in [2.45, 2.75) is 12.5 Å². The molecule has 150 valence electrons. The molecule has 0 unspecified atom stereocenters. The largest absolute Gasteiger partial charge is 0.378 e. The Morgan fingerprint density at radius 1 is 1.07 bits per heavy atom. The molecule has 2 aromatic carbocycles. The van der Waals surface area contributed by atoms with Crippen molar-refractivity contribution in [2.75, 3.05) is 43.6 Å². The highest BCUT2D eigenvalue weighted by Crippen LogP contribution is 2.39. The number of rotatable bonds is 3. The van der Waals surface area contributed by atoms with Crippen LogP contribution in [-0.2, 0) is 16.0 Å². The average molecular weight is 410 g/mol. The number of benzene rings is 2. The molecule has 0 radical (unpaired) electrons. The Morgan fingerprint density at radius 3 is 2.59 bits per heavy atom. The van der Waals surface area contributed by atoms with Crippen LogP contribution in [0.1, 0.15) is 22.9 Å². The van der Waals surface area contributed by atoms with Gasteiger partial charge in [0.15, 0.2) is 0 Å². The van der Waals surface area contributed by atoms with E-state index in [1.807, 2.05) is 11.0 Å². The zero-order chi connectivity index (χ0) is 19.8. The fourth-order valence-electron chi connectivity index (χ4n) is 4.62. The van der Waals surface area contributed by atoms with Crippen LogP contribution in [0.5, 0.6) is 0 Å². The van der Waals surface area contributed by atoms with Crippen molar-refractivity contribution in [3.8, 4) is 0 Å². The molecular weight excluding hydrogens is 386 g/mol. The standard InChI is InChI=1S/C23H24ClN3O2/c24-15-21(28)27-10-9-19-18-3-1-2-4-20(18)25-22(19)23(27)16-5-7-17(8-6-16)26-11-13-29-14-12-26/h1-8,23,25H,9-15H2/t23-/m0/s1. The second kappa shape index (κ2) is 7.73. The van der Waals surface area contributed by atoms with Gasteiger partial charge in [-0.25, -0.2) is 0 Å². The van der Waals surface area contributed by atoms with Gasteiger partial charge in [0.1, 0.15) is 5.88 Å². The summed E-state index contributed by atoms with van der Waals surface area (Å²) in [5.74, 6) is -0.0315. The molecule has 29 heavy (non-hydrogen) atoms. The van der Waals surface area contributed by atoms with Gasteiger partial charge in [-0.2, -0.15) is 0 Å². The van der Waals surface area contributed by atoms with Crippen LogP contribution in [0, 0.1) is 0 Å². The van der Waals surface area contributed by atoms with Crippen LogP contribution >= 0.6 is 11.6 Å². The normalized spacial score (nSPS) is 19.4. The van der Waals surface area contributed by atoms with Crippen LogP contribution < -0.4 is 4.90 Å². The Balaban J connectivity index is 1.55. The summed E-state index contributed by atoms with van der Waals surface area (Å²) < 4.78 is 5.46. The van der Waals surface area contributed by atoms with E-state index < -0.39 is 0 Å². The van der Waals surface area contributed by atoms with Crippen molar-refractivity contribution in [1.82, 2.24) is 9.88 Å². The smallest absolute Gasteiger partial charge is 0.238 e. The summed E-state index contributed by atoms with van der Waals surface area (Å²) in [5.41, 5.74) is 5.83. The fourth-order valence-corrected chi connectivity index (χ4v) is 4.78. The number of hydrogen-bond donors (Lipinski definition) is 1. The number of para-hydroxylation sites is 1. The van der Waals surface area contributed by atoms with Gasteiger partial charge in [0.05, 0.1) is 19.3 Å². The number of H-pyrrole nitrogens is 1. The molecule has 6 heteroatoms. The van der Waals surface area contributed by atoms with Gasteiger partial charge in [0.2, 0.25) is 5.91 Å². The number of carbonyl (C=O) groups excluding carboxylic acids is 1. The molecule has 5 rings (SSSR count). The number of morpholine rings is 1. The van der Waals surface area contributed by atoms with E-state index in [-0.39, 0.29) is 17.8 Å². The number of nitrogens with one attached hydrogen (secondary N) is 1. The second-order valence-corrected chi connectivity index (χ2v) is 7.89. The van der Waals surface area contributed by atoms with Crippen LogP contribution in [0.3, 0.4) is 0 Å². The molecule has 1 fully saturated rings. The fraction of sp³-hybridized carbons (Fsp3) is 0.348. The molecule has 2 aliphatic rings. The second-order valence-electron chi connectivity index (χ2n) is 7.63. The van der Waals surface area contributed by atoms with Crippen molar-refractivity contribution in [3.63, 3.8) is 0 Å². The number of halogens is 1. The number of aromatic nitrogens is 1. The summed E-state index contributed by atoms with van der Waals surface area (Å²) in [6, 6.07) is 16.8. The molecule has 0 spiro atoms. The molecular formula is C23H24ClN3O2. The average Bonchev–Trinajstić information content (AvgIpc) is 3.17. The lowest BCUT2D eigenvalue weighted by atomic mass is 9.92. The van der Waals surface area contributed by atoms with E-state index in [1.54, 1.807) is 0 Å². The number of amides is 1. The molecule has 1 N–H and O–H groups in total. The van der Waals surface area contributed by atoms with E-state index in [9.17, 15) is 4.79 Å². The third-order valence-corrected chi connectivity index (χ3v) is 6.28. The van der Waals surface area contributed by atoms with E-state index in [2.05, 4.69) is 52.3 Å². The Bertz CT molecular complexity index is 1020. The van der Waals surface area contributed by atoms with E-state index in [4.69, 9.17) is 16.3 Å². The first kappa shape index (κ1) is 18.5. The Hall–Kier alpha value is -2.50. The molecule has 1 amide bonds. The monoisotopic (exact) mass is 409 g/mol. The maximum Gasteiger partial charge on any atom is 0.238 e. The van der Waals surface area contributed by atoms with Gasteiger partial charge in [-0.3, -0.25) is 4.79 Å². The number of aromatic amines is 1. The summed E-state index contributed by atoms with van der Waals surface area (Å²) in [6.07, 6.45) is 0.838. The van der Waals surface area contributed by atoms with Gasteiger partial charge in [-0.15, -0.1) is 11.6 Å². The summed E-state index contributed by atoms with van der Waals surface area (Å²) in [4.78, 5) is 20.5. The minimum atomic E-state index is -0.142. The molecule has 1 aromatic heterocycles. The summed E-state index contributed by atoms with van der Waals surface area (Å²) in [6.45, 7) is 4.02. The number of alkyl halides is 1. The predicted molar refractivity (Wildman–Crippen MR) is 116 cm³/mol. The highest BCUT2D eigenvalue weighted by Gasteiger charge is 2.34. The van der Waals surface area contributed by atoms with Gasteiger partial charge < -0.3 is 19.5 Å². The first-order chi connectivity index (χ1) is 14.3. The number of anilines is 1. The molecule has 5 nitrogen and oxygen atoms in total. The zero-order valence-electron chi connectivity index (χ0n) is 16.2. The maximum absolute atomic E-state index is 12.6. The Labute approximate surface area is 175 Å². The molecule has 1 saturated heterocycles. The zero-order valence-corrected chi connectivity index (χ0v) is 17.0. The molecule has 1 atom stereocenters. The number of fused-ring (bicyclic) bond motifs is 3. The number of ether oxygens (including phenoxy) is 1. The van der Waals surface area contributed by atoms with Gasteiger partial charge in [0, 0.05) is 41.9 Å². The van der Waals surface area contributed by atoms with Crippen LogP contribution in [0.2, 0.25) is 0 Å². The SMILES string of the molecule is O=C(CCl)N1CCc2c([nH]c3ccccc23)[C@@H]1c1ccc(N2CCOCC2)cc1. The van der Waals surface area contributed by atoms with Crippen molar-refractivity contribution in [1.29, 1.82) is 0 Å². The minimum absolute atomic E-state index is 0.00206. The van der Waals surface area contributed by atoms with E-state index in [0.717, 1.165) is 49.5 Å². The number of hydrogen-bond acceptors (Lipinski definition) is 3. The first-order valence-electron chi connectivity index (χ1n) is 10.1. The molecule has 2 aliphatic heterocycles. The van der Waals surface area contributed by atoms with Gasteiger partial charge >= 0.3 is 0 Å². The lowest BCUT2D eigenvalue weighted by Crippen LogP contribution is -2.41. The van der Waals surface area contributed by atoms with Crippen LogP contribution in [0.4, 0.5) is 5.69 Å².